The molecule has 4 aromatic rings. The van der Waals surface area contributed by atoms with Gasteiger partial charge in [-0.05, 0) is 65.5 Å². The second-order valence-electron chi connectivity index (χ2n) is 9.71. The predicted octanol–water partition coefficient (Wildman–Crippen LogP) is 4.37. The van der Waals surface area contributed by atoms with Crippen LogP contribution in [0.3, 0.4) is 0 Å². The van der Waals surface area contributed by atoms with Crippen LogP contribution in [-0.2, 0) is 12.1 Å². The van der Waals surface area contributed by atoms with Gasteiger partial charge in [0.15, 0.2) is 5.82 Å². The summed E-state index contributed by atoms with van der Waals surface area (Å²) in [4.78, 5) is 13.1. The first-order chi connectivity index (χ1) is 16.6. The first-order valence-corrected chi connectivity index (χ1v) is 11.7. The van der Waals surface area contributed by atoms with Crippen LogP contribution in [0.5, 0.6) is 0 Å². The highest BCUT2D eigenvalue weighted by atomic mass is 19.1. The van der Waals surface area contributed by atoms with E-state index < -0.39 is 5.60 Å². The molecule has 0 atom stereocenters. The SMILES string of the molecule is Cc1nn(-c2cc(Nc3c(C)c(-c4ccc(F)cn4)nn3CC3CC3)ncn2)c(C)c1C(C)(C)O. The van der Waals surface area contributed by atoms with E-state index in [-0.39, 0.29) is 5.82 Å². The quantitative estimate of drug-likeness (QED) is 0.408. The zero-order chi connectivity index (χ0) is 24.9. The average molecular weight is 477 g/mol. The Morgan fingerprint density at radius 1 is 1.11 bits per heavy atom. The maximum absolute atomic E-state index is 13.4. The van der Waals surface area contributed by atoms with Crippen molar-refractivity contribution >= 4 is 11.6 Å². The lowest BCUT2D eigenvalue weighted by Crippen LogP contribution is -2.18. The Bertz CT molecular complexity index is 1380. The van der Waals surface area contributed by atoms with E-state index in [9.17, 15) is 9.50 Å². The van der Waals surface area contributed by atoms with Crippen molar-refractivity contribution in [2.45, 2.75) is 59.6 Å². The fraction of sp³-hybridized carbons (Fsp3) is 0.400. The number of halogens is 1. The number of nitrogens with zero attached hydrogens (tertiary/aromatic N) is 7. The smallest absolute Gasteiger partial charge is 0.159 e. The molecule has 9 nitrogen and oxygen atoms in total. The van der Waals surface area contributed by atoms with Crippen LogP contribution in [0.15, 0.2) is 30.7 Å². The van der Waals surface area contributed by atoms with Gasteiger partial charge >= 0.3 is 0 Å². The molecular weight excluding hydrogens is 447 g/mol. The van der Waals surface area contributed by atoms with Crippen LogP contribution in [0.25, 0.3) is 17.2 Å². The Morgan fingerprint density at radius 3 is 2.51 bits per heavy atom. The molecule has 0 aromatic carbocycles. The number of pyridine rings is 1. The van der Waals surface area contributed by atoms with Crippen LogP contribution in [0.1, 0.15) is 49.2 Å². The minimum Gasteiger partial charge on any atom is -0.386 e. The lowest BCUT2D eigenvalue weighted by atomic mass is 9.96. The molecule has 0 radical (unpaired) electrons. The maximum Gasteiger partial charge on any atom is 0.159 e. The molecule has 1 saturated carbocycles. The lowest BCUT2D eigenvalue weighted by Gasteiger charge is -2.18. The van der Waals surface area contributed by atoms with Gasteiger partial charge in [-0.25, -0.2) is 23.7 Å². The number of rotatable bonds is 7. The molecule has 35 heavy (non-hydrogen) atoms. The van der Waals surface area contributed by atoms with Gasteiger partial charge in [-0.1, -0.05) is 0 Å². The monoisotopic (exact) mass is 476 g/mol. The van der Waals surface area contributed by atoms with Crippen LogP contribution >= 0.6 is 0 Å². The highest BCUT2D eigenvalue weighted by Crippen LogP contribution is 2.35. The minimum atomic E-state index is -1.02. The molecule has 182 valence electrons. The van der Waals surface area contributed by atoms with E-state index in [4.69, 9.17) is 5.10 Å². The first kappa shape index (κ1) is 23.1. The molecule has 1 aliphatic rings. The van der Waals surface area contributed by atoms with Crippen molar-refractivity contribution in [2.24, 2.45) is 5.92 Å². The minimum absolute atomic E-state index is 0.382. The summed E-state index contributed by atoms with van der Waals surface area (Å²) in [6, 6.07) is 4.85. The van der Waals surface area contributed by atoms with Gasteiger partial charge in [-0.3, -0.25) is 4.98 Å². The van der Waals surface area contributed by atoms with Crippen LogP contribution in [0.2, 0.25) is 0 Å². The number of hydrogen-bond acceptors (Lipinski definition) is 7. The summed E-state index contributed by atoms with van der Waals surface area (Å²) < 4.78 is 17.1. The molecule has 0 bridgehead atoms. The van der Waals surface area contributed by atoms with Crippen LogP contribution in [0.4, 0.5) is 16.0 Å². The summed E-state index contributed by atoms with van der Waals surface area (Å²) in [7, 11) is 0. The van der Waals surface area contributed by atoms with Gasteiger partial charge in [0.1, 0.15) is 29.5 Å². The maximum atomic E-state index is 13.4. The summed E-state index contributed by atoms with van der Waals surface area (Å²) in [6.07, 6.45) is 5.05. The summed E-state index contributed by atoms with van der Waals surface area (Å²) in [5, 5.41) is 23.4. The Balaban J connectivity index is 1.51. The van der Waals surface area contributed by atoms with Crippen LogP contribution < -0.4 is 5.32 Å². The van der Waals surface area contributed by atoms with Crippen molar-refractivity contribution in [3.63, 3.8) is 0 Å². The van der Waals surface area contributed by atoms with Crippen molar-refractivity contribution in [3.05, 3.63) is 59.1 Å². The highest BCUT2D eigenvalue weighted by molar-refractivity contribution is 5.69. The third kappa shape index (κ3) is 4.53. The number of aromatic nitrogens is 7. The lowest BCUT2D eigenvalue weighted by molar-refractivity contribution is 0.0772. The summed E-state index contributed by atoms with van der Waals surface area (Å²) >= 11 is 0. The number of hydrogen-bond donors (Lipinski definition) is 2. The van der Waals surface area contributed by atoms with E-state index in [0.29, 0.717) is 28.9 Å². The number of nitrogens with one attached hydrogen (secondary N) is 1. The molecule has 1 fully saturated rings. The fourth-order valence-electron chi connectivity index (χ4n) is 4.55. The Kier molecular flexibility index (Phi) is 5.63. The number of aliphatic hydroxyl groups is 1. The second-order valence-corrected chi connectivity index (χ2v) is 9.71. The summed E-state index contributed by atoms with van der Waals surface area (Å²) in [5.74, 6) is 2.21. The van der Waals surface area contributed by atoms with E-state index in [0.717, 1.165) is 34.9 Å². The molecule has 0 aliphatic heterocycles. The molecule has 1 aliphatic carbocycles. The fourth-order valence-corrected chi connectivity index (χ4v) is 4.55. The molecule has 0 amide bonds. The van der Waals surface area contributed by atoms with Gasteiger partial charge in [-0.15, -0.1) is 0 Å². The standard InChI is InChI=1S/C25H29FN8O/c1-14-23(19-9-8-18(26)11-27-19)32-33(12-17-6-7-17)24(14)30-20-10-21(29-13-28-20)34-16(3)22(15(2)31-34)25(4,5)35/h8-11,13,17,35H,6-7,12H2,1-5H3,(H,28,29,30). The van der Waals surface area contributed by atoms with Crippen molar-refractivity contribution < 1.29 is 9.50 Å². The molecule has 10 heteroatoms. The topological polar surface area (TPSA) is 107 Å². The van der Waals surface area contributed by atoms with Crippen LogP contribution in [-0.4, -0.2) is 39.6 Å². The zero-order valence-corrected chi connectivity index (χ0v) is 20.5. The number of anilines is 2. The summed E-state index contributed by atoms with van der Waals surface area (Å²) in [5.41, 5.74) is 3.55. The van der Waals surface area contributed by atoms with Gasteiger partial charge in [0.05, 0.1) is 23.2 Å². The van der Waals surface area contributed by atoms with Crippen molar-refractivity contribution in [2.75, 3.05) is 5.32 Å². The molecule has 5 rings (SSSR count). The normalized spacial score (nSPS) is 13.9. The van der Waals surface area contributed by atoms with Crippen molar-refractivity contribution in [1.29, 1.82) is 0 Å². The van der Waals surface area contributed by atoms with E-state index in [1.165, 1.54) is 31.4 Å². The molecule has 2 N–H and O–H groups in total. The van der Waals surface area contributed by atoms with E-state index in [1.54, 1.807) is 24.6 Å². The zero-order valence-electron chi connectivity index (χ0n) is 20.5. The van der Waals surface area contributed by atoms with Crippen molar-refractivity contribution in [1.82, 2.24) is 34.5 Å². The van der Waals surface area contributed by atoms with Gasteiger partial charge in [0.25, 0.3) is 0 Å². The largest absolute Gasteiger partial charge is 0.386 e. The third-order valence-electron chi connectivity index (χ3n) is 6.31. The molecule has 0 unspecified atom stereocenters. The number of aryl methyl sites for hydroxylation is 1. The van der Waals surface area contributed by atoms with E-state index >= 15 is 0 Å². The molecule has 0 saturated heterocycles. The molecule has 4 heterocycles. The Hall–Kier alpha value is -3.66. The van der Waals surface area contributed by atoms with Crippen LogP contribution in [0, 0.1) is 32.5 Å². The highest BCUT2D eigenvalue weighted by Gasteiger charge is 2.27. The van der Waals surface area contributed by atoms with Gasteiger partial charge in [-0.2, -0.15) is 10.2 Å². The molecule has 4 aromatic heterocycles. The molecule has 0 spiro atoms. The Labute approximate surface area is 203 Å². The van der Waals surface area contributed by atoms with E-state index in [2.05, 4.69) is 25.4 Å². The third-order valence-corrected chi connectivity index (χ3v) is 6.31. The van der Waals surface area contributed by atoms with E-state index in [1.807, 2.05) is 31.5 Å². The predicted molar refractivity (Wildman–Crippen MR) is 130 cm³/mol. The van der Waals surface area contributed by atoms with Gasteiger partial charge < -0.3 is 10.4 Å². The Morgan fingerprint density at radius 2 is 1.89 bits per heavy atom. The first-order valence-electron chi connectivity index (χ1n) is 11.7. The van der Waals surface area contributed by atoms with Gasteiger partial charge in [0.2, 0.25) is 0 Å². The average Bonchev–Trinajstić information content (AvgIpc) is 3.49. The molecular formula is C25H29FN8O. The van der Waals surface area contributed by atoms with Crippen molar-refractivity contribution in [3.8, 4) is 17.2 Å². The summed E-state index contributed by atoms with van der Waals surface area (Å²) in [6.45, 7) is 10.0. The second kappa shape index (κ2) is 8.53. The van der Waals surface area contributed by atoms with Gasteiger partial charge in [0, 0.05) is 29.4 Å².